The highest BCUT2D eigenvalue weighted by atomic mass is 32.2. The maximum absolute atomic E-state index is 12.7. The van der Waals surface area contributed by atoms with Crippen LogP contribution in [0.15, 0.2) is 53.4 Å². The highest BCUT2D eigenvalue weighted by Crippen LogP contribution is 2.33. The van der Waals surface area contributed by atoms with E-state index in [0.717, 1.165) is 19.3 Å². The summed E-state index contributed by atoms with van der Waals surface area (Å²) in [4.78, 5) is 14.7. The van der Waals surface area contributed by atoms with E-state index in [9.17, 15) is 13.2 Å². The number of anilines is 1. The Morgan fingerprint density at radius 1 is 1.19 bits per heavy atom. The Hall–Kier alpha value is -2.34. The van der Waals surface area contributed by atoms with Gasteiger partial charge in [0.2, 0.25) is 5.91 Å². The zero-order valence-corrected chi connectivity index (χ0v) is 15.9. The van der Waals surface area contributed by atoms with Gasteiger partial charge in [-0.15, -0.1) is 0 Å². The SMILES string of the molecule is CN(C(=O)CNc1cccc(S(C)(=O)=O)c1)C1CCCc2ccccc21. The van der Waals surface area contributed by atoms with E-state index in [2.05, 4.69) is 17.4 Å². The van der Waals surface area contributed by atoms with Gasteiger partial charge in [-0.25, -0.2) is 8.42 Å². The number of rotatable bonds is 5. The molecule has 6 heteroatoms. The molecule has 138 valence electrons. The highest BCUT2D eigenvalue weighted by Gasteiger charge is 2.26. The lowest BCUT2D eigenvalue weighted by atomic mass is 9.87. The summed E-state index contributed by atoms with van der Waals surface area (Å²) >= 11 is 0. The van der Waals surface area contributed by atoms with Gasteiger partial charge < -0.3 is 10.2 Å². The van der Waals surface area contributed by atoms with Crippen LogP contribution >= 0.6 is 0 Å². The maximum Gasteiger partial charge on any atom is 0.242 e. The van der Waals surface area contributed by atoms with Crippen molar-refractivity contribution in [2.75, 3.05) is 25.2 Å². The Labute approximate surface area is 154 Å². The molecular formula is C20H24N2O3S. The van der Waals surface area contributed by atoms with Crippen molar-refractivity contribution in [1.82, 2.24) is 4.90 Å². The molecule has 1 unspecified atom stereocenters. The van der Waals surface area contributed by atoms with Crippen molar-refractivity contribution in [3.05, 3.63) is 59.7 Å². The molecule has 1 amide bonds. The molecule has 0 bridgehead atoms. The first-order chi connectivity index (χ1) is 12.4. The summed E-state index contributed by atoms with van der Waals surface area (Å²) in [6.07, 6.45) is 4.27. The summed E-state index contributed by atoms with van der Waals surface area (Å²) in [5.41, 5.74) is 3.17. The standard InChI is InChI=1S/C20H24N2O3S/c1-22(19-12-5-8-15-7-3-4-11-18(15)19)20(23)14-21-16-9-6-10-17(13-16)26(2,24)25/h3-4,6-7,9-11,13,19,21H,5,8,12,14H2,1-2H3. The number of hydrogen-bond acceptors (Lipinski definition) is 4. The fourth-order valence-corrected chi connectivity index (χ4v) is 4.11. The molecule has 5 nitrogen and oxygen atoms in total. The first-order valence-corrected chi connectivity index (χ1v) is 10.6. The number of carbonyl (C=O) groups is 1. The van der Waals surface area contributed by atoms with E-state index < -0.39 is 9.84 Å². The molecule has 0 fully saturated rings. The van der Waals surface area contributed by atoms with Crippen LogP contribution in [0.2, 0.25) is 0 Å². The largest absolute Gasteiger partial charge is 0.376 e. The number of hydrogen-bond donors (Lipinski definition) is 1. The van der Waals surface area contributed by atoms with Crippen LogP contribution in [-0.2, 0) is 21.1 Å². The zero-order chi connectivity index (χ0) is 18.7. The Bertz CT molecular complexity index is 909. The molecule has 0 aliphatic heterocycles. The van der Waals surface area contributed by atoms with E-state index in [1.54, 1.807) is 29.2 Å². The summed E-state index contributed by atoms with van der Waals surface area (Å²) < 4.78 is 23.3. The number of fused-ring (bicyclic) bond motifs is 1. The topological polar surface area (TPSA) is 66.5 Å². The van der Waals surface area contributed by atoms with Gasteiger partial charge in [0.25, 0.3) is 0 Å². The molecule has 26 heavy (non-hydrogen) atoms. The molecule has 0 aromatic heterocycles. The molecule has 0 spiro atoms. The third-order valence-electron chi connectivity index (χ3n) is 4.90. The number of nitrogens with one attached hydrogen (secondary N) is 1. The van der Waals surface area contributed by atoms with Crippen molar-refractivity contribution in [2.24, 2.45) is 0 Å². The van der Waals surface area contributed by atoms with Gasteiger partial charge in [0.05, 0.1) is 17.5 Å². The lowest BCUT2D eigenvalue weighted by Crippen LogP contribution is -2.37. The summed E-state index contributed by atoms with van der Waals surface area (Å²) in [5, 5.41) is 3.05. The number of amides is 1. The minimum absolute atomic E-state index is 0.0172. The van der Waals surface area contributed by atoms with Gasteiger partial charge in [-0.3, -0.25) is 4.79 Å². The highest BCUT2D eigenvalue weighted by molar-refractivity contribution is 7.90. The van der Waals surface area contributed by atoms with Crippen LogP contribution < -0.4 is 5.32 Å². The lowest BCUT2D eigenvalue weighted by molar-refractivity contribution is -0.130. The second-order valence-electron chi connectivity index (χ2n) is 6.77. The molecule has 1 aliphatic rings. The van der Waals surface area contributed by atoms with Crippen LogP contribution in [0, 0.1) is 0 Å². The normalized spacial score (nSPS) is 16.6. The smallest absolute Gasteiger partial charge is 0.242 e. The van der Waals surface area contributed by atoms with Crippen molar-refractivity contribution in [3.8, 4) is 0 Å². The van der Waals surface area contributed by atoms with E-state index in [1.165, 1.54) is 17.4 Å². The predicted molar refractivity (Wildman–Crippen MR) is 103 cm³/mol. The fraction of sp³-hybridized carbons (Fsp3) is 0.350. The molecule has 1 atom stereocenters. The number of aryl methyl sites for hydroxylation is 1. The van der Waals surface area contributed by atoms with Crippen molar-refractivity contribution in [3.63, 3.8) is 0 Å². The molecule has 3 rings (SSSR count). The van der Waals surface area contributed by atoms with Gasteiger partial charge in [-0.1, -0.05) is 30.3 Å². The van der Waals surface area contributed by atoms with E-state index in [1.807, 2.05) is 19.2 Å². The molecule has 0 radical (unpaired) electrons. The van der Waals surface area contributed by atoms with Crippen LogP contribution in [0.4, 0.5) is 5.69 Å². The molecule has 1 aliphatic carbocycles. The van der Waals surface area contributed by atoms with Gasteiger partial charge in [-0.05, 0) is 48.6 Å². The average molecular weight is 372 g/mol. The van der Waals surface area contributed by atoms with Gasteiger partial charge >= 0.3 is 0 Å². The molecule has 0 saturated heterocycles. The number of nitrogens with zero attached hydrogens (tertiary/aromatic N) is 1. The van der Waals surface area contributed by atoms with Crippen molar-refractivity contribution < 1.29 is 13.2 Å². The fourth-order valence-electron chi connectivity index (χ4n) is 3.44. The molecule has 1 N–H and O–H groups in total. The third kappa shape index (κ3) is 4.07. The molecule has 0 saturated carbocycles. The third-order valence-corrected chi connectivity index (χ3v) is 6.01. The number of benzene rings is 2. The second kappa shape index (κ2) is 7.50. The lowest BCUT2D eigenvalue weighted by Gasteiger charge is -2.33. The quantitative estimate of drug-likeness (QED) is 0.876. The van der Waals surface area contributed by atoms with Crippen LogP contribution in [-0.4, -0.2) is 39.1 Å². The summed E-state index contributed by atoms with van der Waals surface area (Å²) in [6, 6.07) is 14.9. The first-order valence-electron chi connectivity index (χ1n) is 8.74. The number of carbonyl (C=O) groups excluding carboxylic acids is 1. The molecule has 0 heterocycles. The predicted octanol–water partition coefficient (Wildman–Crippen LogP) is 3.04. The Morgan fingerprint density at radius 3 is 2.73 bits per heavy atom. The van der Waals surface area contributed by atoms with Crippen molar-refractivity contribution >= 4 is 21.4 Å². The Balaban J connectivity index is 1.68. The van der Waals surface area contributed by atoms with E-state index in [-0.39, 0.29) is 23.4 Å². The van der Waals surface area contributed by atoms with Gasteiger partial charge in [0, 0.05) is 19.0 Å². The Morgan fingerprint density at radius 2 is 1.96 bits per heavy atom. The molecule has 2 aromatic rings. The van der Waals surface area contributed by atoms with Gasteiger partial charge in [-0.2, -0.15) is 0 Å². The van der Waals surface area contributed by atoms with E-state index in [0.29, 0.717) is 5.69 Å². The zero-order valence-electron chi connectivity index (χ0n) is 15.1. The van der Waals surface area contributed by atoms with Crippen LogP contribution in [0.5, 0.6) is 0 Å². The van der Waals surface area contributed by atoms with Crippen molar-refractivity contribution in [1.29, 1.82) is 0 Å². The summed E-state index contributed by atoms with van der Waals surface area (Å²) in [6.45, 7) is 0.127. The molecule has 2 aromatic carbocycles. The Kier molecular flexibility index (Phi) is 5.32. The molecular weight excluding hydrogens is 348 g/mol. The second-order valence-corrected chi connectivity index (χ2v) is 8.78. The van der Waals surface area contributed by atoms with E-state index >= 15 is 0 Å². The summed E-state index contributed by atoms with van der Waals surface area (Å²) in [5.74, 6) is -0.0172. The first kappa shape index (κ1) is 18.5. The number of sulfone groups is 1. The van der Waals surface area contributed by atoms with E-state index in [4.69, 9.17) is 0 Å². The van der Waals surface area contributed by atoms with Crippen molar-refractivity contribution in [2.45, 2.75) is 30.2 Å². The monoisotopic (exact) mass is 372 g/mol. The summed E-state index contributed by atoms with van der Waals surface area (Å²) in [7, 11) is -1.43. The minimum Gasteiger partial charge on any atom is -0.376 e. The number of likely N-dealkylation sites (N-methyl/N-ethyl adjacent to an activating group) is 1. The van der Waals surface area contributed by atoms with Gasteiger partial charge in [0.15, 0.2) is 9.84 Å². The average Bonchev–Trinajstić information content (AvgIpc) is 2.64. The van der Waals surface area contributed by atoms with Crippen LogP contribution in [0.3, 0.4) is 0 Å². The minimum atomic E-state index is -3.27. The van der Waals surface area contributed by atoms with Crippen LogP contribution in [0.25, 0.3) is 0 Å². The maximum atomic E-state index is 12.7. The van der Waals surface area contributed by atoms with Crippen LogP contribution in [0.1, 0.15) is 30.0 Å². The van der Waals surface area contributed by atoms with Gasteiger partial charge in [0.1, 0.15) is 0 Å².